The van der Waals surface area contributed by atoms with Gasteiger partial charge in [-0.15, -0.1) is 0 Å². The minimum absolute atomic E-state index is 0.105. The van der Waals surface area contributed by atoms with Gasteiger partial charge in [-0.1, -0.05) is 38.1 Å². The molecule has 1 heterocycles. The van der Waals surface area contributed by atoms with Crippen LogP contribution in [0, 0.1) is 5.92 Å². The number of carbonyl (C=O) groups excluding carboxylic acids is 1. The average molecular weight is 399 g/mol. The van der Waals surface area contributed by atoms with Crippen LogP contribution in [0.5, 0.6) is 0 Å². The minimum Gasteiger partial charge on any atom is -0.321 e. The van der Waals surface area contributed by atoms with Crippen LogP contribution >= 0.6 is 0 Å². The van der Waals surface area contributed by atoms with Crippen molar-refractivity contribution >= 4 is 32.2 Å². The number of hydrogen-bond donors (Lipinski definition) is 1. The fraction of sp³-hybridized carbons (Fsp3) is 0.250. The first-order valence-electron chi connectivity index (χ1n) is 8.78. The van der Waals surface area contributed by atoms with E-state index in [4.69, 9.17) is 0 Å². The smallest absolute Gasteiger partial charge is 0.276 e. The minimum atomic E-state index is -3.40. The summed E-state index contributed by atoms with van der Waals surface area (Å²) in [6, 6.07) is 12.8. The Morgan fingerprint density at radius 1 is 1.11 bits per heavy atom. The second-order valence-electron chi connectivity index (χ2n) is 7.03. The molecule has 3 aromatic rings. The predicted molar refractivity (Wildman–Crippen MR) is 108 cm³/mol. The average Bonchev–Trinajstić information content (AvgIpc) is 2.63. The lowest BCUT2D eigenvalue weighted by atomic mass is 10.1. The largest absolute Gasteiger partial charge is 0.321 e. The number of sulfone groups is 1. The van der Waals surface area contributed by atoms with Crippen molar-refractivity contribution in [3.05, 3.63) is 64.6 Å². The van der Waals surface area contributed by atoms with Crippen LogP contribution in [-0.4, -0.2) is 30.4 Å². The van der Waals surface area contributed by atoms with E-state index in [2.05, 4.69) is 10.4 Å². The number of rotatable bonds is 5. The molecule has 0 fully saturated rings. The van der Waals surface area contributed by atoms with Gasteiger partial charge in [0.1, 0.15) is 0 Å². The van der Waals surface area contributed by atoms with Crippen LogP contribution in [0.15, 0.2) is 58.2 Å². The van der Waals surface area contributed by atoms with Gasteiger partial charge >= 0.3 is 0 Å². The molecule has 0 radical (unpaired) electrons. The van der Waals surface area contributed by atoms with E-state index >= 15 is 0 Å². The number of aromatic nitrogens is 2. The highest BCUT2D eigenvalue weighted by molar-refractivity contribution is 7.90. The van der Waals surface area contributed by atoms with Gasteiger partial charge in [-0.25, -0.2) is 13.1 Å². The third kappa shape index (κ3) is 4.12. The Kier molecular flexibility index (Phi) is 5.33. The van der Waals surface area contributed by atoms with E-state index in [1.165, 1.54) is 16.8 Å². The Morgan fingerprint density at radius 3 is 2.43 bits per heavy atom. The fourth-order valence-electron chi connectivity index (χ4n) is 2.87. The molecule has 0 aliphatic rings. The zero-order valence-corrected chi connectivity index (χ0v) is 16.7. The van der Waals surface area contributed by atoms with Gasteiger partial charge in [-0.05, 0) is 30.2 Å². The molecular formula is C20H21N3O4S. The molecule has 146 valence electrons. The topological polar surface area (TPSA) is 98.1 Å². The molecule has 3 rings (SSSR count). The molecule has 2 aromatic carbocycles. The quantitative estimate of drug-likeness (QED) is 0.711. The van der Waals surface area contributed by atoms with Gasteiger partial charge in [-0.2, -0.15) is 5.10 Å². The Hall–Kier alpha value is -3.00. The van der Waals surface area contributed by atoms with Crippen molar-refractivity contribution in [2.75, 3.05) is 11.6 Å². The second-order valence-corrected chi connectivity index (χ2v) is 9.05. The number of anilines is 1. The Morgan fingerprint density at radius 2 is 1.79 bits per heavy atom. The maximum Gasteiger partial charge on any atom is 0.276 e. The summed E-state index contributed by atoms with van der Waals surface area (Å²) in [5.41, 5.74) is 0.195. The van der Waals surface area contributed by atoms with E-state index < -0.39 is 15.7 Å². The van der Waals surface area contributed by atoms with Crippen molar-refractivity contribution in [1.29, 1.82) is 0 Å². The van der Waals surface area contributed by atoms with Crippen molar-refractivity contribution in [2.45, 2.75) is 25.3 Å². The second kappa shape index (κ2) is 7.55. The molecule has 0 aliphatic carbocycles. The first-order chi connectivity index (χ1) is 13.2. The van der Waals surface area contributed by atoms with Gasteiger partial charge in [0.05, 0.1) is 10.3 Å². The number of nitrogens with zero attached hydrogens (tertiary/aromatic N) is 2. The summed E-state index contributed by atoms with van der Waals surface area (Å²) < 4.78 is 24.8. The van der Waals surface area contributed by atoms with Gasteiger partial charge in [-0.3, -0.25) is 9.59 Å². The van der Waals surface area contributed by atoms with Gasteiger partial charge in [0, 0.05) is 23.9 Å². The van der Waals surface area contributed by atoms with E-state index in [1.54, 1.807) is 36.4 Å². The predicted octanol–water partition coefficient (Wildman–Crippen LogP) is 2.71. The lowest BCUT2D eigenvalue weighted by Gasteiger charge is -2.13. The Labute approximate surface area is 162 Å². The van der Waals surface area contributed by atoms with Crippen LogP contribution in [0.25, 0.3) is 10.8 Å². The standard InChI is InChI=1S/C20H21N3O4S/c1-13(2)12-23-20(25)17-10-5-4-9-16(17)18(22-23)19(24)21-14-7-6-8-15(11-14)28(3,26)27/h4-11,13H,12H2,1-3H3,(H,21,24). The van der Waals surface area contributed by atoms with Crippen LogP contribution in [0.3, 0.4) is 0 Å². The maximum absolute atomic E-state index is 12.9. The third-order valence-electron chi connectivity index (χ3n) is 4.14. The SMILES string of the molecule is CC(C)Cn1nc(C(=O)Nc2cccc(S(C)(=O)=O)c2)c2ccccc2c1=O. The van der Waals surface area contributed by atoms with Crippen molar-refractivity contribution in [2.24, 2.45) is 5.92 Å². The summed E-state index contributed by atoms with van der Waals surface area (Å²) in [7, 11) is -3.40. The van der Waals surface area contributed by atoms with Crippen LogP contribution in [0.1, 0.15) is 24.3 Å². The number of hydrogen-bond acceptors (Lipinski definition) is 5. The van der Waals surface area contributed by atoms with Crippen molar-refractivity contribution in [3.8, 4) is 0 Å². The normalized spacial score (nSPS) is 11.7. The van der Waals surface area contributed by atoms with E-state index in [0.717, 1.165) is 6.26 Å². The molecule has 0 saturated carbocycles. The first kappa shape index (κ1) is 19.8. The maximum atomic E-state index is 12.9. The lowest BCUT2D eigenvalue weighted by Crippen LogP contribution is -2.29. The number of fused-ring (bicyclic) bond motifs is 1. The van der Waals surface area contributed by atoms with Crippen molar-refractivity contribution in [1.82, 2.24) is 9.78 Å². The van der Waals surface area contributed by atoms with E-state index in [-0.39, 0.29) is 22.1 Å². The summed E-state index contributed by atoms with van der Waals surface area (Å²) in [5, 5.41) is 7.82. The van der Waals surface area contributed by atoms with E-state index in [9.17, 15) is 18.0 Å². The fourth-order valence-corrected chi connectivity index (χ4v) is 3.53. The summed E-state index contributed by atoms with van der Waals surface area (Å²) >= 11 is 0. The molecule has 0 bridgehead atoms. The molecule has 7 nitrogen and oxygen atoms in total. The first-order valence-corrected chi connectivity index (χ1v) is 10.7. The molecule has 28 heavy (non-hydrogen) atoms. The number of benzene rings is 2. The summed E-state index contributed by atoms with van der Waals surface area (Å²) in [6.07, 6.45) is 1.10. The van der Waals surface area contributed by atoms with Crippen LogP contribution in [0.4, 0.5) is 5.69 Å². The summed E-state index contributed by atoms with van der Waals surface area (Å²) in [6.45, 7) is 4.30. The van der Waals surface area contributed by atoms with E-state index in [0.29, 0.717) is 23.0 Å². The van der Waals surface area contributed by atoms with Crippen LogP contribution < -0.4 is 10.9 Å². The van der Waals surface area contributed by atoms with Gasteiger partial charge in [0.25, 0.3) is 11.5 Å². The highest BCUT2D eigenvalue weighted by atomic mass is 32.2. The summed E-state index contributed by atoms with van der Waals surface area (Å²) in [4.78, 5) is 25.7. The van der Waals surface area contributed by atoms with Gasteiger partial charge < -0.3 is 5.32 Å². The van der Waals surface area contributed by atoms with Crippen LogP contribution in [-0.2, 0) is 16.4 Å². The third-order valence-corrected chi connectivity index (χ3v) is 5.25. The molecule has 0 saturated heterocycles. The van der Waals surface area contributed by atoms with Gasteiger partial charge in [0.15, 0.2) is 15.5 Å². The monoisotopic (exact) mass is 399 g/mol. The highest BCUT2D eigenvalue weighted by Gasteiger charge is 2.18. The Balaban J connectivity index is 2.07. The molecule has 0 atom stereocenters. The highest BCUT2D eigenvalue weighted by Crippen LogP contribution is 2.18. The van der Waals surface area contributed by atoms with Crippen molar-refractivity contribution in [3.63, 3.8) is 0 Å². The molecular weight excluding hydrogens is 378 g/mol. The van der Waals surface area contributed by atoms with E-state index in [1.807, 2.05) is 13.8 Å². The van der Waals surface area contributed by atoms with Gasteiger partial charge in [0.2, 0.25) is 0 Å². The number of amides is 1. The molecule has 8 heteroatoms. The zero-order chi connectivity index (χ0) is 20.5. The van der Waals surface area contributed by atoms with Crippen molar-refractivity contribution < 1.29 is 13.2 Å². The molecule has 1 N–H and O–H groups in total. The molecule has 1 amide bonds. The number of carbonyl (C=O) groups is 1. The zero-order valence-electron chi connectivity index (χ0n) is 15.8. The lowest BCUT2D eigenvalue weighted by molar-refractivity contribution is 0.102. The molecule has 0 aliphatic heterocycles. The Bertz CT molecular complexity index is 1210. The molecule has 0 spiro atoms. The van der Waals surface area contributed by atoms with Crippen LogP contribution in [0.2, 0.25) is 0 Å². The number of nitrogens with one attached hydrogen (secondary N) is 1. The molecule has 0 unspecified atom stereocenters. The summed E-state index contributed by atoms with van der Waals surface area (Å²) in [5.74, 6) is -0.340. The molecule has 1 aromatic heterocycles.